The maximum Gasteiger partial charge on any atom is 0.0766 e. The van der Waals surface area contributed by atoms with Gasteiger partial charge >= 0.3 is 0 Å². The molecular formula is C17H23N3O. The second kappa shape index (κ2) is 6.87. The quantitative estimate of drug-likeness (QED) is 0.887. The highest BCUT2D eigenvalue weighted by molar-refractivity contribution is 5.30. The molecule has 112 valence electrons. The van der Waals surface area contributed by atoms with Gasteiger partial charge in [0.1, 0.15) is 0 Å². The molecule has 0 bridgehead atoms. The number of nitrogens with zero attached hydrogens (tertiary/aromatic N) is 2. The monoisotopic (exact) mass is 285 g/mol. The SMILES string of the molecule is OCC1CCC(NCc2ccn(-c3ccccc3)n2)CC1. The number of para-hydroxylation sites is 1. The van der Waals surface area contributed by atoms with Crippen molar-refractivity contribution in [2.24, 2.45) is 5.92 Å². The molecular weight excluding hydrogens is 262 g/mol. The molecule has 3 rings (SSSR count). The van der Waals surface area contributed by atoms with Crippen LogP contribution in [0.5, 0.6) is 0 Å². The molecule has 0 spiro atoms. The Kier molecular flexibility index (Phi) is 4.68. The minimum Gasteiger partial charge on any atom is -0.396 e. The summed E-state index contributed by atoms with van der Waals surface area (Å²) in [4.78, 5) is 0. The van der Waals surface area contributed by atoms with Crippen LogP contribution in [0.25, 0.3) is 5.69 Å². The number of benzene rings is 1. The van der Waals surface area contributed by atoms with E-state index in [0.29, 0.717) is 18.6 Å². The van der Waals surface area contributed by atoms with Crippen LogP contribution in [0.3, 0.4) is 0 Å². The maximum atomic E-state index is 9.16. The molecule has 0 aliphatic heterocycles. The highest BCUT2D eigenvalue weighted by atomic mass is 16.3. The van der Waals surface area contributed by atoms with Gasteiger partial charge in [0.15, 0.2) is 0 Å². The van der Waals surface area contributed by atoms with Gasteiger partial charge in [-0.2, -0.15) is 5.10 Å². The predicted octanol–water partition coefficient (Wildman–Crippen LogP) is 2.51. The lowest BCUT2D eigenvalue weighted by Gasteiger charge is -2.27. The van der Waals surface area contributed by atoms with Gasteiger partial charge in [0.2, 0.25) is 0 Å². The van der Waals surface area contributed by atoms with Gasteiger partial charge in [-0.25, -0.2) is 4.68 Å². The van der Waals surface area contributed by atoms with Crippen LogP contribution >= 0.6 is 0 Å². The van der Waals surface area contributed by atoms with Crippen molar-refractivity contribution in [2.45, 2.75) is 38.3 Å². The Balaban J connectivity index is 1.52. The van der Waals surface area contributed by atoms with Crippen molar-refractivity contribution < 1.29 is 5.11 Å². The molecule has 1 fully saturated rings. The number of hydrogen-bond donors (Lipinski definition) is 2. The van der Waals surface area contributed by atoms with Crippen LogP contribution in [0.1, 0.15) is 31.4 Å². The Labute approximate surface area is 125 Å². The third-order valence-corrected chi connectivity index (χ3v) is 4.34. The number of nitrogens with one attached hydrogen (secondary N) is 1. The first-order chi connectivity index (χ1) is 10.3. The number of hydrogen-bond acceptors (Lipinski definition) is 3. The molecule has 0 unspecified atom stereocenters. The van der Waals surface area contributed by atoms with Gasteiger partial charge in [-0.05, 0) is 49.8 Å². The van der Waals surface area contributed by atoms with Crippen LogP contribution in [0.2, 0.25) is 0 Å². The average Bonchev–Trinajstić information content (AvgIpc) is 3.03. The Morgan fingerprint density at radius 3 is 2.57 bits per heavy atom. The van der Waals surface area contributed by atoms with Crippen LogP contribution in [0.4, 0.5) is 0 Å². The lowest BCUT2D eigenvalue weighted by Crippen LogP contribution is -2.33. The van der Waals surface area contributed by atoms with Crippen molar-refractivity contribution in [1.82, 2.24) is 15.1 Å². The minimum atomic E-state index is 0.341. The van der Waals surface area contributed by atoms with Crippen molar-refractivity contribution in [3.63, 3.8) is 0 Å². The van der Waals surface area contributed by atoms with E-state index in [0.717, 1.165) is 43.6 Å². The first kappa shape index (κ1) is 14.3. The van der Waals surface area contributed by atoms with Crippen LogP contribution < -0.4 is 5.32 Å². The second-order valence-electron chi connectivity index (χ2n) is 5.87. The van der Waals surface area contributed by atoms with Gasteiger partial charge in [0, 0.05) is 25.4 Å². The van der Waals surface area contributed by atoms with E-state index in [-0.39, 0.29) is 0 Å². The van der Waals surface area contributed by atoms with Crippen molar-refractivity contribution >= 4 is 0 Å². The fourth-order valence-electron chi connectivity index (χ4n) is 2.98. The molecule has 1 heterocycles. The first-order valence-electron chi connectivity index (χ1n) is 7.79. The third kappa shape index (κ3) is 3.71. The van der Waals surface area contributed by atoms with Gasteiger partial charge < -0.3 is 10.4 Å². The molecule has 21 heavy (non-hydrogen) atoms. The van der Waals surface area contributed by atoms with E-state index in [4.69, 9.17) is 5.11 Å². The Morgan fingerprint density at radius 2 is 1.86 bits per heavy atom. The summed E-state index contributed by atoms with van der Waals surface area (Å²) in [6, 6.07) is 12.8. The topological polar surface area (TPSA) is 50.1 Å². The minimum absolute atomic E-state index is 0.341. The molecule has 2 N–H and O–H groups in total. The summed E-state index contributed by atoms with van der Waals surface area (Å²) in [5.74, 6) is 0.514. The second-order valence-corrected chi connectivity index (χ2v) is 5.87. The highest BCUT2D eigenvalue weighted by Crippen LogP contribution is 2.23. The number of rotatable bonds is 5. The molecule has 1 aliphatic rings. The van der Waals surface area contributed by atoms with Gasteiger partial charge in [-0.3, -0.25) is 0 Å². The molecule has 0 saturated heterocycles. The predicted molar refractivity (Wildman–Crippen MR) is 83.2 cm³/mol. The molecule has 4 nitrogen and oxygen atoms in total. The summed E-state index contributed by atoms with van der Waals surface area (Å²) in [5.41, 5.74) is 2.16. The summed E-state index contributed by atoms with van der Waals surface area (Å²) >= 11 is 0. The highest BCUT2D eigenvalue weighted by Gasteiger charge is 2.20. The summed E-state index contributed by atoms with van der Waals surface area (Å²) < 4.78 is 1.92. The Hall–Kier alpha value is -1.65. The zero-order valence-corrected chi connectivity index (χ0v) is 12.3. The van der Waals surface area contributed by atoms with E-state index >= 15 is 0 Å². The smallest absolute Gasteiger partial charge is 0.0766 e. The van der Waals surface area contributed by atoms with E-state index in [9.17, 15) is 0 Å². The lowest BCUT2D eigenvalue weighted by molar-refractivity contribution is 0.175. The van der Waals surface area contributed by atoms with Crippen molar-refractivity contribution in [2.75, 3.05) is 6.61 Å². The molecule has 0 amide bonds. The number of aromatic nitrogens is 2. The van der Waals surface area contributed by atoms with E-state index in [2.05, 4.69) is 28.6 Å². The Bertz CT molecular complexity index is 544. The van der Waals surface area contributed by atoms with E-state index in [1.807, 2.05) is 29.1 Å². The fourth-order valence-corrected chi connectivity index (χ4v) is 2.98. The molecule has 1 saturated carbocycles. The fraction of sp³-hybridized carbons (Fsp3) is 0.471. The summed E-state index contributed by atoms with van der Waals surface area (Å²) in [6.07, 6.45) is 6.59. The molecule has 1 aromatic carbocycles. The Morgan fingerprint density at radius 1 is 1.10 bits per heavy atom. The van der Waals surface area contributed by atoms with Crippen LogP contribution in [0, 0.1) is 5.92 Å². The average molecular weight is 285 g/mol. The van der Waals surface area contributed by atoms with Crippen LogP contribution in [-0.4, -0.2) is 27.5 Å². The van der Waals surface area contributed by atoms with Crippen molar-refractivity contribution in [1.29, 1.82) is 0 Å². The summed E-state index contributed by atoms with van der Waals surface area (Å²) in [6.45, 7) is 1.16. The lowest BCUT2D eigenvalue weighted by atomic mass is 9.86. The van der Waals surface area contributed by atoms with Gasteiger partial charge in [-0.15, -0.1) is 0 Å². The van der Waals surface area contributed by atoms with E-state index < -0.39 is 0 Å². The first-order valence-corrected chi connectivity index (χ1v) is 7.79. The maximum absolute atomic E-state index is 9.16. The summed E-state index contributed by atoms with van der Waals surface area (Å²) in [5, 5.41) is 17.4. The molecule has 1 aliphatic carbocycles. The van der Waals surface area contributed by atoms with Gasteiger partial charge in [-0.1, -0.05) is 18.2 Å². The largest absolute Gasteiger partial charge is 0.396 e. The van der Waals surface area contributed by atoms with Gasteiger partial charge in [0.05, 0.1) is 11.4 Å². The van der Waals surface area contributed by atoms with E-state index in [1.54, 1.807) is 0 Å². The van der Waals surface area contributed by atoms with Crippen molar-refractivity contribution in [3.8, 4) is 5.69 Å². The van der Waals surface area contributed by atoms with Gasteiger partial charge in [0.25, 0.3) is 0 Å². The summed E-state index contributed by atoms with van der Waals surface area (Å²) in [7, 11) is 0. The zero-order chi connectivity index (χ0) is 14.5. The normalized spacial score (nSPS) is 22.3. The zero-order valence-electron chi connectivity index (χ0n) is 12.3. The molecule has 4 heteroatoms. The van der Waals surface area contributed by atoms with Crippen LogP contribution in [-0.2, 0) is 6.54 Å². The number of aliphatic hydroxyl groups excluding tert-OH is 1. The molecule has 0 atom stereocenters. The van der Waals surface area contributed by atoms with Crippen LogP contribution in [0.15, 0.2) is 42.6 Å². The van der Waals surface area contributed by atoms with Crippen molar-refractivity contribution in [3.05, 3.63) is 48.3 Å². The van der Waals surface area contributed by atoms with E-state index in [1.165, 1.54) is 0 Å². The molecule has 2 aromatic rings. The number of aliphatic hydroxyl groups is 1. The standard InChI is InChI=1S/C17H23N3O/c21-13-14-6-8-15(9-7-14)18-12-16-10-11-20(19-16)17-4-2-1-3-5-17/h1-5,10-11,14-15,18,21H,6-9,12-13H2. The third-order valence-electron chi connectivity index (χ3n) is 4.34. The molecule has 1 aromatic heterocycles. The molecule has 0 radical (unpaired) electrons.